The standard InChI is InChI=1S/C16H17N3O/c1-2-12-15-14-8-5-9-18(14)16(20)11-6-3-4-7-13(11)19(15)10-17-12/h3-4,6-7,10,14H,2,5,8-9H2,1H3/t14-/m0/s1. The lowest BCUT2D eigenvalue weighted by Crippen LogP contribution is -2.29. The molecule has 0 N–H and O–H groups in total. The van der Waals surface area contributed by atoms with Crippen LogP contribution in [0.15, 0.2) is 30.6 Å². The molecular formula is C16H17N3O. The third-order valence-corrected chi connectivity index (χ3v) is 4.44. The van der Waals surface area contributed by atoms with Crippen LogP contribution in [0.1, 0.15) is 47.6 Å². The largest absolute Gasteiger partial charge is 0.330 e. The summed E-state index contributed by atoms with van der Waals surface area (Å²) < 4.78 is 2.13. The smallest absolute Gasteiger partial charge is 0.256 e. The van der Waals surface area contributed by atoms with Gasteiger partial charge in [0.1, 0.15) is 0 Å². The molecule has 1 amide bonds. The molecule has 4 nitrogen and oxygen atoms in total. The number of carbonyl (C=O) groups is 1. The molecule has 20 heavy (non-hydrogen) atoms. The van der Waals surface area contributed by atoms with Gasteiger partial charge in [-0.1, -0.05) is 19.1 Å². The van der Waals surface area contributed by atoms with E-state index >= 15 is 0 Å². The fourth-order valence-corrected chi connectivity index (χ4v) is 3.53. The number of carbonyl (C=O) groups excluding carboxylic acids is 1. The first-order chi connectivity index (χ1) is 9.81. The van der Waals surface area contributed by atoms with Crippen molar-refractivity contribution in [1.82, 2.24) is 14.5 Å². The number of aromatic nitrogens is 2. The fraction of sp³-hybridized carbons (Fsp3) is 0.375. The minimum absolute atomic E-state index is 0.161. The van der Waals surface area contributed by atoms with Crippen LogP contribution in [-0.4, -0.2) is 26.9 Å². The van der Waals surface area contributed by atoms with Gasteiger partial charge in [-0.05, 0) is 31.4 Å². The Hall–Kier alpha value is -2.10. The SMILES string of the molecule is CCc1ncn2c1[C@@H]1CCCN1C(=O)c1ccccc1-2. The molecule has 2 aliphatic heterocycles. The summed E-state index contributed by atoms with van der Waals surface area (Å²) in [5, 5.41) is 0. The molecule has 2 aromatic rings. The molecule has 0 saturated carbocycles. The van der Waals surface area contributed by atoms with Gasteiger partial charge in [0.2, 0.25) is 0 Å². The molecule has 4 rings (SSSR count). The van der Waals surface area contributed by atoms with E-state index in [1.165, 1.54) is 5.69 Å². The molecule has 1 fully saturated rings. The maximum absolute atomic E-state index is 12.8. The van der Waals surface area contributed by atoms with Crippen molar-refractivity contribution in [3.8, 4) is 5.69 Å². The van der Waals surface area contributed by atoms with Gasteiger partial charge in [0, 0.05) is 6.54 Å². The molecular weight excluding hydrogens is 250 g/mol. The average Bonchev–Trinajstić information content (AvgIpc) is 3.10. The molecule has 0 unspecified atom stereocenters. The van der Waals surface area contributed by atoms with Crippen LogP contribution in [0.25, 0.3) is 5.69 Å². The Kier molecular flexibility index (Phi) is 2.46. The lowest BCUT2D eigenvalue weighted by atomic mass is 10.1. The third-order valence-electron chi connectivity index (χ3n) is 4.44. The first-order valence-corrected chi connectivity index (χ1v) is 7.27. The summed E-state index contributed by atoms with van der Waals surface area (Å²) in [5.74, 6) is 0.161. The van der Waals surface area contributed by atoms with Crippen LogP contribution in [0.5, 0.6) is 0 Å². The number of imidazole rings is 1. The monoisotopic (exact) mass is 267 g/mol. The van der Waals surface area contributed by atoms with Crippen molar-refractivity contribution in [2.24, 2.45) is 0 Å². The zero-order valence-electron chi connectivity index (χ0n) is 11.5. The highest BCUT2D eigenvalue weighted by Gasteiger charge is 2.38. The molecule has 1 aromatic carbocycles. The number of hydrogen-bond donors (Lipinski definition) is 0. The summed E-state index contributed by atoms with van der Waals surface area (Å²) in [6.07, 6.45) is 4.90. The summed E-state index contributed by atoms with van der Waals surface area (Å²) in [6, 6.07) is 8.04. The summed E-state index contributed by atoms with van der Waals surface area (Å²) in [5.41, 5.74) is 4.09. The Morgan fingerprint density at radius 2 is 2.20 bits per heavy atom. The number of aryl methyl sites for hydroxylation is 1. The Morgan fingerprint density at radius 3 is 3.05 bits per heavy atom. The number of rotatable bonds is 1. The van der Waals surface area contributed by atoms with Crippen LogP contribution in [0.3, 0.4) is 0 Å². The van der Waals surface area contributed by atoms with Gasteiger partial charge in [-0.25, -0.2) is 4.98 Å². The van der Waals surface area contributed by atoms with Gasteiger partial charge in [0.15, 0.2) is 0 Å². The topological polar surface area (TPSA) is 38.1 Å². The van der Waals surface area contributed by atoms with Gasteiger partial charge >= 0.3 is 0 Å². The molecule has 0 bridgehead atoms. The van der Waals surface area contributed by atoms with Crippen LogP contribution in [0, 0.1) is 0 Å². The minimum Gasteiger partial charge on any atom is -0.330 e. The summed E-state index contributed by atoms with van der Waals surface area (Å²) in [6.45, 7) is 2.98. The molecule has 0 radical (unpaired) electrons. The van der Waals surface area contributed by atoms with Crippen molar-refractivity contribution in [1.29, 1.82) is 0 Å². The number of fused-ring (bicyclic) bond motifs is 5. The normalized spacial score (nSPS) is 20.4. The number of hydrogen-bond acceptors (Lipinski definition) is 2. The van der Waals surface area contributed by atoms with Crippen LogP contribution < -0.4 is 0 Å². The first kappa shape index (κ1) is 11.7. The van der Waals surface area contributed by atoms with E-state index in [0.29, 0.717) is 0 Å². The van der Waals surface area contributed by atoms with Crippen molar-refractivity contribution >= 4 is 5.91 Å². The molecule has 1 atom stereocenters. The van der Waals surface area contributed by atoms with Crippen LogP contribution >= 0.6 is 0 Å². The van der Waals surface area contributed by atoms with E-state index < -0.39 is 0 Å². The van der Waals surface area contributed by atoms with Crippen LogP contribution in [-0.2, 0) is 6.42 Å². The predicted molar refractivity (Wildman–Crippen MR) is 76.0 cm³/mol. The van der Waals surface area contributed by atoms with Crippen molar-refractivity contribution in [2.45, 2.75) is 32.2 Å². The van der Waals surface area contributed by atoms with Gasteiger partial charge in [-0.3, -0.25) is 4.79 Å². The van der Waals surface area contributed by atoms with Gasteiger partial charge in [-0.15, -0.1) is 0 Å². The van der Waals surface area contributed by atoms with Crippen molar-refractivity contribution < 1.29 is 4.79 Å². The second-order valence-electron chi connectivity index (χ2n) is 5.47. The molecule has 1 aromatic heterocycles. The van der Waals surface area contributed by atoms with E-state index in [0.717, 1.165) is 42.8 Å². The van der Waals surface area contributed by atoms with E-state index in [2.05, 4.69) is 16.5 Å². The van der Waals surface area contributed by atoms with Crippen molar-refractivity contribution in [3.05, 3.63) is 47.5 Å². The fourth-order valence-electron chi connectivity index (χ4n) is 3.53. The highest BCUT2D eigenvalue weighted by Crippen LogP contribution is 2.39. The zero-order chi connectivity index (χ0) is 13.7. The maximum atomic E-state index is 12.8. The molecule has 4 heteroatoms. The highest BCUT2D eigenvalue weighted by atomic mass is 16.2. The Balaban J connectivity index is 2.04. The van der Waals surface area contributed by atoms with Crippen molar-refractivity contribution in [2.75, 3.05) is 6.54 Å². The lowest BCUT2D eigenvalue weighted by molar-refractivity contribution is 0.0738. The van der Waals surface area contributed by atoms with E-state index in [4.69, 9.17) is 0 Å². The predicted octanol–water partition coefficient (Wildman–Crippen LogP) is 2.73. The summed E-state index contributed by atoms with van der Waals surface area (Å²) in [4.78, 5) is 19.4. The molecule has 102 valence electrons. The molecule has 0 spiro atoms. The molecule has 1 saturated heterocycles. The van der Waals surface area contributed by atoms with E-state index in [1.54, 1.807) is 0 Å². The Bertz CT molecular complexity index is 689. The number of amides is 1. The van der Waals surface area contributed by atoms with E-state index in [9.17, 15) is 4.79 Å². The zero-order valence-corrected chi connectivity index (χ0v) is 11.5. The summed E-state index contributed by atoms with van der Waals surface area (Å²) in [7, 11) is 0. The second-order valence-corrected chi connectivity index (χ2v) is 5.47. The first-order valence-electron chi connectivity index (χ1n) is 7.27. The number of benzene rings is 1. The number of para-hydroxylation sites is 1. The van der Waals surface area contributed by atoms with Gasteiger partial charge in [0.25, 0.3) is 5.91 Å². The number of nitrogens with zero attached hydrogens (tertiary/aromatic N) is 3. The van der Waals surface area contributed by atoms with Gasteiger partial charge in [0.05, 0.1) is 35.0 Å². The lowest BCUT2D eigenvalue weighted by Gasteiger charge is -2.23. The summed E-state index contributed by atoms with van der Waals surface area (Å²) >= 11 is 0. The Labute approximate surface area is 118 Å². The van der Waals surface area contributed by atoms with E-state index in [-0.39, 0.29) is 11.9 Å². The molecule has 2 aliphatic rings. The highest BCUT2D eigenvalue weighted by molar-refractivity contribution is 5.98. The third kappa shape index (κ3) is 1.42. The van der Waals surface area contributed by atoms with Gasteiger partial charge < -0.3 is 9.47 Å². The van der Waals surface area contributed by atoms with Crippen LogP contribution in [0.4, 0.5) is 0 Å². The average molecular weight is 267 g/mol. The minimum atomic E-state index is 0.161. The molecule has 3 heterocycles. The second kappa shape index (κ2) is 4.20. The van der Waals surface area contributed by atoms with Crippen molar-refractivity contribution in [3.63, 3.8) is 0 Å². The quantitative estimate of drug-likeness (QED) is 0.796. The van der Waals surface area contributed by atoms with Crippen LogP contribution in [0.2, 0.25) is 0 Å². The van der Waals surface area contributed by atoms with E-state index in [1.807, 2.05) is 35.5 Å². The Morgan fingerprint density at radius 1 is 1.35 bits per heavy atom. The van der Waals surface area contributed by atoms with Gasteiger partial charge in [-0.2, -0.15) is 0 Å². The molecule has 0 aliphatic carbocycles. The maximum Gasteiger partial charge on any atom is 0.256 e.